The summed E-state index contributed by atoms with van der Waals surface area (Å²) in [6.07, 6.45) is 2.62. The first-order valence-corrected chi connectivity index (χ1v) is 7.12. The normalized spacial score (nSPS) is 10.1. The molecule has 1 aromatic heterocycles. The minimum absolute atomic E-state index is 0.0822. The number of thioether (sulfide) groups is 1. The number of carbonyl (C=O) groups is 1. The maximum atomic E-state index is 11.3. The van der Waals surface area contributed by atoms with Crippen molar-refractivity contribution in [3.8, 4) is 0 Å². The Morgan fingerprint density at radius 3 is 3.19 bits per heavy atom. The van der Waals surface area contributed by atoms with E-state index >= 15 is 0 Å². The second kappa shape index (κ2) is 7.46. The number of rotatable bonds is 7. The highest BCUT2D eigenvalue weighted by Crippen LogP contribution is 2.14. The van der Waals surface area contributed by atoms with Gasteiger partial charge >= 0.3 is 0 Å². The lowest BCUT2D eigenvalue weighted by atomic mass is 10.4. The SMILES string of the molecule is C=CCCNC(=O)CSCc1csc(C)n1. The molecule has 0 radical (unpaired) electrons. The van der Waals surface area contributed by atoms with Crippen LogP contribution in [0.2, 0.25) is 0 Å². The van der Waals surface area contributed by atoms with Crippen molar-refractivity contribution >= 4 is 29.0 Å². The number of aryl methyl sites for hydroxylation is 1. The van der Waals surface area contributed by atoms with E-state index in [-0.39, 0.29) is 5.91 Å². The Morgan fingerprint density at radius 1 is 1.75 bits per heavy atom. The topological polar surface area (TPSA) is 42.0 Å². The fourth-order valence-electron chi connectivity index (χ4n) is 1.09. The minimum atomic E-state index is 0.0822. The molecule has 16 heavy (non-hydrogen) atoms. The average Bonchev–Trinajstić information content (AvgIpc) is 2.65. The van der Waals surface area contributed by atoms with E-state index in [9.17, 15) is 4.79 Å². The zero-order valence-corrected chi connectivity index (χ0v) is 11.0. The van der Waals surface area contributed by atoms with Gasteiger partial charge in [-0.25, -0.2) is 4.98 Å². The first-order chi connectivity index (χ1) is 7.72. The molecule has 1 amide bonds. The summed E-state index contributed by atoms with van der Waals surface area (Å²) >= 11 is 3.24. The van der Waals surface area contributed by atoms with Crippen LogP contribution in [0.5, 0.6) is 0 Å². The third-order valence-corrected chi connectivity index (χ3v) is 3.61. The molecule has 1 heterocycles. The molecule has 0 aliphatic heterocycles. The Bertz CT molecular complexity index is 350. The third-order valence-electron chi connectivity index (χ3n) is 1.82. The van der Waals surface area contributed by atoms with Gasteiger partial charge in [-0.2, -0.15) is 0 Å². The summed E-state index contributed by atoms with van der Waals surface area (Å²) in [7, 11) is 0. The van der Waals surface area contributed by atoms with E-state index in [1.165, 1.54) is 0 Å². The Morgan fingerprint density at radius 2 is 2.56 bits per heavy atom. The average molecular weight is 256 g/mol. The van der Waals surface area contributed by atoms with Gasteiger partial charge in [0.2, 0.25) is 5.91 Å². The number of nitrogens with one attached hydrogen (secondary N) is 1. The Kier molecular flexibility index (Phi) is 6.18. The summed E-state index contributed by atoms with van der Waals surface area (Å²) in [5, 5.41) is 5.94. The molecule has 0 aromatic carbocycles. The van der Waals surface area contributed by atoms with Gasteiger partial charge < -0.3 is 5.32 Å². The van der Waals surface area contributed by atoms with Crippen LogP contribution >= 0.6 is 23.1 Å². The number of thiazole rings is 1. The molecule has 0 aliphatic carbocycles. The van der Waals surface area contributed by atoms with Crippen LogP contribution in [0.15, 0.2) is 18.0 Å². The van der Waals surface area contributed by atoms with Crippen molar-refractivity contribution in [2.24, 2.45) is 0 Å². The van der Waals surface area contributed by atoms with E-state index < -0.39 is 0 Å². The number of hydrogen-bond donors (Lipinski definition) is 1. The van der Waals surface area contributed by atoms with Crippen LogP contribution in [0.4, 0.5) is 0 Å². The van der Waals surface area contributed by atoms with Gasteiger partial charge in [0, 0.05) is 17.7 Å². The van der Waals surface area contributed by atoms with E-state index in [1.54, 1.807) is 29.2 Å². The summed E-state index contributed by atoms with van der Waals surface area (Å²) in [5.74, 6) is 1.38. The monoisotopic (exact) mass is 256 g/mol. The predicted octanol–water partition coefficient (Wildman–Crippen LogP) is 2.38. The van der Waals surface area contributed by atoms with Crippen molar-refractivity contribution in [2.45, 2.75) is 19.1 Å². The largest absolute Gasteiger partial charge is 0.355 e. The number of aromatic nitrogens is 1. The molecule has 0 unspecified atom stereocenters. The molecule has 1 rings (SSSR count). The van der Waals surface area contributed by atoms with Crippen molar-refractivity contribution in [1.82, 2.24) is 10.3 Å². The Balaban J connectivity index is 2.10. The van der Waals surface area contributed by atoms with Crippen molar-refractivity contribution in [2.75, 3.05) is 12.3 Å². The second-order valence-corrected chi connectivity index (χ2v) is 5.33. The van der Waals surface area contributed by atoms with E-state index in [1.807, 2.05) is 12.3 Å². The Hall–Kier alpha value is -0.810. The van der Waals surface area contributed by atoms with Crippen molar-refractivity contribution in [3.63, 3.8) is 0 Å². The van der Waals surface area contributed by atoms with Gasteiger partial charge in [-0.3, -0.25) is 4.79 Å². The summed E-state index contributed by atoms with van der Waals surface area (Å²) in [6, 6.07) is 0. The van der Waals surface area contributed by atoms with Crippen molar-refractivity contribution in [3.05, 3.63) is 28.7 Å². The molecular weight excluding hydrogens is 240 g/mol. The van der Waals surface area contributed by atoms with Crippen molar-refractivity contribution in [1.29, 1.82) is 0 Å². The standard InChI is InChI=1S/C11H16N2OS2/c1-3-4-5-12-11(14)8-15-6-10-7-16-9(2)13-10/h3,7H,1,4-6,8H2,2H3,(H,12,14). The molecule has 1 aromatic rings. The van der Waals surface area contributed by atoms with Crippen LogP contribution in [0, 0.1) is 6.92 Å². The maximum absolute atomic E-state index is 11.3. The molecule has 5 heteroatoms. The van der Waals surface area contributed by atoms with Gasteiger partial charge in [0.1, 0.15) is 0 Å². The first-order valence-electron chi connectivity index (χ1n) is 5.08. The highest BCUT2D eigenvalue weighted by molar-refractivity contribution is 7.99. The van der Waals surface area contributed by atoms with Gasteiger partial charge in [-0.05, 0) is 13.3 Å². The van der Waals surface area contributed by atoms with E-state index in [0.29, 0.717) is 12.3 Å². The first kappa shape index (κ1) is 13.3. The highest BCUT2D eigenvalue weighted by Gasteiger charge is 2.02. The fraction of sp³-hybridized carbons (Fsp3) is 0.455. The van der Waals surface area contributed by atoms with Crippen LogP contribution in [-0.4, -0.2) is 23.2 Å². The molecule has 1 N–H and O–H groups in total. The van der Waals surface area contributed by atoms with Gasteiger partial charge in [-0.15, -0.1) is 29.7 Å². The summed E-state index contributed by atoms with van der Waals surface area (Å²) in [6.45, 7) is 6.26. The number of carbonyl (C=O) groups excluding carboxylic acids is 1. The van der Waals surface area contributed by atoms with Gasteiger partial charge in [0.05, 0.1) is 16.5 Å². The van der Waals surface area contributed by atoms with Gasteiger partial charge in [0.25, 0.3) is 0 Å². The molecule has 0 fully saturated rings. The van der Waals surface area contributed by atoms with Crippen LogP contribution in [0.3, 0.4) is 0 Å². The highest BCUT2D eigenvalue weighted by atomic mass is 32.2. The predicted molar refractivity (Wildman–Crippen MR) is 70.8 cm³/mol. The molecule has 0 saturated heterocycles. The van der Waals surface area contributed by atoms with Gasteiger partial charge in [0.15, 0.2) is 0 Å². The molecule has 0 bridgehead atoms. The van der Waals surface area contributed by atoms with Crippen LogP contribution < -0.4 is 5.32 Å². The van der Waals surface area contributed by atoms with E-state index in [4.69, 9.17) is 0 Å². The smallest absolute Gasteiger partial charge is 0.230 e. The summed E-state index contributed by atoms with van der Waals surface area (Å²) < 4.78 is 0. The quantitative estimate of drug-likeness (QED) is 0.601. The molecule has 0 aliphatic rings. The minimum Gasteiger partial charge on any atom is -0.355 e. The van der Waals surface area contributed by atoms with Crippen molar-refractivity contribution < 1.29 is 4.79 Å². The number of nitrogens with zero attached hydrogens (tertiary/aromatic N) is 1. The zero-order valence-electron chi connectivity index (χ0n) is 9.36. The molecule has 0 atom stereocenters. The van der Waals surface area contributed by atoms with Gasteiger partial charge in [-0.1, -0.05) is 6.08 Å². The molecule has 88 valence electrons. The lowest BCUT2D eigenvalue weighted by molar-refractivity contribution is -0.118. The maximum Gasteiger partial charge on any atom is 0.230 e. The van der Waals surface area contributed by atoms with Crippen LogP contribution in [0.25, 0.3) is 0 Å². The van der Waals surface area contributed by atoms with Crippen LogP contribution in [-0.2, 0) is 10.5 Å². The number of amides is 1. The van der Waals surface area contributed by atoms with Crippen LogP contribution in [0.1, 0.15) is 17.1 Å². The molecule has 3 nitrogen and oxygen atoms in total. The molecular formula is C11H16N2OS2. The summed E-state index contributed by atoms with van der Waals surface area (Å²) in [4.78, 5) is 15.7. The zero-order chi connectivity index (χ0) is 11.8. The Labute approximate surface area is 104 Å². The van der Waals surface area contributed by atoms with E-state index in [2.05, 4.69) is 16.9 Å². The fourth-order valence-corrected chi connectivity index (χ4v) is 2.55. The number of hydrogen-bond acceptors (Lipinski definition) is 4. The lowest BCUT2D eigenvalue weighted by Crippen LogP contribution is -2.25. The summed E-state index contributed by atoms with van der Waals surface area (Å²) in [5.41, 5.74) is 1.06. The molecule has 0 spiro atoms. The lowest BCUT2D eigenvalue weighted by Gasteiger charge is -2.02. The van der Waals surface area contributed by atoms with E-state index in [0.717, 1.165) is 22.9 Å². The second-order valence-electron chi connectivity index (χ2n) is 3.28. The third kappa shape index (κ3) is 5.32. The molecule has 0 saturated carbocycles.